The predicted molar refractivity (Wildman–Crippen MR) is 103 cm³/mol. The molecule has 1 rings (SSSR count). The van der Waals surface area contributed by atoms with Gasteiger partial charge in [-0.2, -0.15) is 0 Å². The highest BCUT2D eigenvalue weighted by Crippen LogP contribution is 2.16. The normalized spacial score (nSPS) is 18.7. The third-order valence-corrected chi connectivity index (χ3v) is 4.78. The van der Waals surface area contributed by atoms with Gasteiger partial charge in [-0.3, -0.25) is 4.79 Å². The lowest BCUT2D eigenvalue weighted by Crippen LogP contribution is -2.39. The summed E-state index contributed by atoms with van der Waals surface area (Å²) >= 11 is 0. The molecule has 1 heterocycles. The number of carbonyl (C=O) groups excluding carboxylic acids is 2. The first-order valence-electron chi connectivity index (χ1n) is 9.92. The van der Waals surface area contributed by atoms with Crippen molar-refractivity contribution >= 4 is 12.1 Å². The van der Waals surface area contributed by atoms with Gasteiger partial charge in [0.1, 0.15) is 12.2 Å². The number of unbranched alkanes of at least 4 members (excludes halogenated alkanes) is 3. The third kappa shape index (κ3) is 10.00. The number of hydrogen-bond donors (Lipinski definition) is 1. The van der Waals surface area contributed by atoms with Crippen LogP contribution in [0.25, 0.3) is 0 Å². The predicted octanol–water partition coefficient (Wildman–Crippen LogP) is 3.51. The van der Waals surface area contributed by atoms with Crippen molar-refractivity contribution in [2.75, 3.05) is 20.1 Å². The fraction of sp³-hybridized carbons (Fsp3) is 0.800. The molecule has 1 fully saturated rings. The van der Waals surface area contributed by atoms with Crippen LogP contribution in [-0.2, 0) is 14.3 Å². The van der Waals surface area contributed by atoms with E-state index in [0.29, 0.717) is 19.0 Å². The van der Waals surface area contributed by atoms with Gasteiger partial charge in [-0.15, -0.1) is 0 Å². The molecule has 1 aliphatic heterocycles. The van der Waals surface area contributed by atoms with Gasteiger partial charge in [0.05, 0.1) is 0 Å². The zero-order valence-corrected chi connectivity index (χ0v) is 16.5. The Labute approximate surface area is 159 Å². The van der Waals surface area contributed by atoms with Crippen molar-refractivity contribution in [3.05, 3.63) is 13.8 Å². The monoisotopic (exact) mass is 368 g/mol. The van der Waals surface area contributed by atoms with Crippen molar-refractivity contribution in [2.45, 2.75) is 83.0 Å². The topological polar surface area (TPSA) is 67.9 Å². The summed E-state index contributed by atoms with van der Waals surface area (Å²) in [6.07, 6.45) is 6.84. The molecule has 6 nitrogen and oxygen atoms in total. The highest BCUT2D eigenvalue weighted by molar-refractivity contribution is 5.70. The molecule has 6 heteroatoms. The van der Waals surface area contributed by atoms with Crippen LogP contribution in [0.5, 0.6) is 0 Å². The average Bonchev–Trinajstić information content (AvgIpc) is 2.99. The maximum Gasteiger partial charge on any atom is 0.407 e. The number of nitrogens with one attached hydrogen (secondary N) is 1. The molecule has 0 aromatic rings. The van der Waals surface area contributed by atoms with Crippen LogP contribution in [0.2, 0.25) is 0 Å². The lowest BCUT2D eigenvalue weighted by atomic mass is 10.1. The Balaban J connectivity index is 2.37. The number of alkyl carbamates (subject to hydrolysis) is 1. The van der Waals surface area contributed by atoms with Crippen molar-refractivity contribution in [1.29, 1.82) is 0 Å². The number of likely N-dealkylation sites (tertiary alicyclic amines) is 1. The molecule has 0 bridgehead atoms. The molecule has 1 saturated heterocycles. The molecule has 0 spiro atoms. The van der Waals surface area contributed by atoms with E-state index in [4.69, 9.17) is 9.47 Å². The molecule has 0 aliphatic carbocycles. The Morgan fingerprint density at radius 1 is 1.19 bits per heavy atom. The lowest BCUT2D eigenvalue weighted by molar-refractivity contribution is -0.146. The zero-order valence-electron chi connectivity index (χ0n) is 16.5. The first-order valence-corrected chi connectivity index (χ1v) is 9.92. The van der Waals surface area contributed by atoms with E-state index in [9.17, 15) is 9.59 Å². The number of carbonyl (C=O) groups is 2. The molecule has 1 aliphatic rings. The highest BCUT2D eigenvalue weighted by atomic mass is 16.6. The van der Waals surface area contributed by atoms with Crippen LogP contribution in [0.3, 0.4) is 0 Å². The molecule has 2 atom stereocenters. The fourth-order valence-corrected chi connectivity index (χ4v) is 3.22. The Bertz CT molecular complexity index is 415. The van der Waals surface area contributed by atoms with E-state index in [0.717, 1.165) is 38.6 Å². The molecular weight excluding hydrogens is 332 g/mol. The third-order valence-electron chi connectivity index (χ3n) is 4.78. The van der Waals surface area contributed by atoms with Crippen molar-refractivity contribution in [3.8, 4) is 0 Å². The highest BCUT2D eigenvalue weighted by Gasteiger charge is 2.22. The smallest absolute Gasteiger partial charge is 0.407 e. The second-order valence-electron chi connectivity index (χ2n) is 7.18. The Morgan fingerprint density at radius 3 is 2.58 bits per heavy atom. The largest absolute Gasteiger partial charge is 0.462 e. The van der Waals surface area contributed by atoms with Gasteiger partial charge in [0, 0.05) is 19.0 Å². The van der Waals surface area contributed by atoms with Crippen molar-refractivity contribution in [2.24, 2.45) is 0 Å². The number of rotatable bonds is 12. The second kappa shape index (κ2) is 13.0. The van der Waals surface area contributed by atoms with Crippen LogP contribution in [0.15, 0.2) is 0 Å². The lowest BCUT2D eigenvalue weighted by Gasteiger charge is -2.22. The van der Waals surface area contributed by atoms with Gasteiger partial charge in [0.15, 0.2) is 0 Å². The molecular formula is C20H36N2O4. The summed E-state index contributed by atoms with van der Waals surface area (Å²) in [4.78, 5) is 26.1. The van der Waals surface area contributed by atoms with Gasteiger partial charge in [0.2, 0.25) is 0 Å². The summed E-state index contributed by atoms with van der Waals surface area (Å²) in [5.74, 6) is -0.352. The minimum Gasteiger partial charge on any atom is -0.462 e. The van der Waals surface area contributed by atoms with Gasteiger partial charge < -0.3 is 19.7 Å². The Kier molecular flexibility index (Phi) is 11.3. The fourth-order valence-electron chi connectivity index (χ4n) is 3.22. The molecule has 2 unspecified atom stereocenters. The zero-order chi connectivity index (χ0) is 19.4. The maximum atomic E-state index is 12.1. The van der Waals surface area contributed by atoms with Crippen molar-refractivity contribution in [1.82, 2.24) is 10.2 Å². The van der Waals surface area contributed by atoms with E-state index in [1.165, 1.54) is 12.8 Å². The second-order valence-corrected chi connectivity index (χ2v) is 7.18. The van der Waals surface area contributed by atoms with Crippen LogP contribution >= 0.6 is 0 Å². The molecule has 0 aromatic heterocycles. The molecule has 0 aromatic carbocycles. The van der Waals surface area contributed by atoms with Gasteiger partial charge in [-0.05, 0) is 59.5 Å². The van der Waals surface area contributed by atoms with E-state index in [2.05, 4.69) is 38.0 Å². The van der Waals surface area contributed by atoms with E-state index in [-0.39, 0.29) is 18.5 Å². The number of likely N-dealkylation sites (N-methyl/N-ethyl adjacent to an activating group) is 1. The first-order chi connectivity index (χ1) is 12.4. The SMILES string of the molecule is [CH2]C([CH2])OC(=O)CCC(CCCCCC)OC(=O)NCC1CCCN1C. The minimum absolute atomic E-state index is 0.207. The van der Waals surface area contributed by atoms with Crippen LogP contribution in [-0.4, -0.2) is 55.3 Å². The first kappa shape index (κ1) is 22.7. The number of esters is 1. The summed E-state index contributed by atoms with van der Waals surface area (Å²) in [5.41, 5.74) is 0. The van der Waals surface area contributed by atoms with Crippen molar-refractivity contribution < 1.29 is 19.1 Å². The molecule has 1 N–H and O–H groups in total. The number of hydrogen-bond acceptors (Lipinski definition) is 5. The summed E-state index contributed by atoms with van der Waals surface area (Å²) in [5, 5.41) is 2.87. The average molecular weight is 369 g/mol. The number of amides is 1. The molecule has 2 radical (unpaired) electrons. The maximum absolute atomic E-state index is 12.1. The van der Waals surface area contributed by atoms with E-state index in [1.807, 2.05) is 0 Å². The van der Waals surface area contributed by atoms with E-state index < -0.39 is 12.2 Å². The van der Waals surface area contributed by atoms with Gasteiger partial charge in [-0.25, -0.2) is 4.79 Å². The summed E-state index contributed by atoms with van der Waals surface area (Å²) in [6, 6.07) is 0.381. The van der Waals surface area contributed by atoms with E-state index >= 15 is 0 Å². The standard InChI is InChI=1S/C20H36N2O4/c1-5-6-7-8-11-18(12-13-19(23)25-16(2)3)26-20(24)21-15-17-10-9-14-22(17)4/h16-18H,2-3,5-15H2,1,4H3,(H,21,24). The summed E-state index contributed by atoms with van der Waals surface area (Å²) < 4.78 is 10.5. The summed E-state index contributed by atoms with van der Waals surface area (Å²) in [7, 11) is 2.07. The van der Waals surface area contributed by atoms with Gasteiger partial charge in [0.25, 0.3) is 0 Å². The molecule has 1 amide bonds. The molecule has 26 heavy (non-hydrogen) atoms. The molecule has 0 saturated carbocycles. The number of nitrogens with zero attached hydrogens (tertiary/aromatic N) is 1. The Morgan fingerprint density at radius 2 is 1.96 bits per heavy atom. The summed E-state index contributed by atoms with van der Waals surface area (Å²) in [6.45, 7) is 10.9. The molecule has 150 valence electrons. The van der Waals surface area contributed by atoms with Crippen LogP contribution in [0.1, 0.15) is 64.7 Å². The Hall–Kier alpha value is -1.30. The quantitative estimate of drug-likeness (QED) is 0.422. The van der Waals surface area contributed by atoms with Crippen molar-refractivity contribution in [3.63, 3.8) is 0 Å². The van der Waals surface area contributed by atoms with Gasteiger partial charge in [-0.1, -0.05) is 26.2 Å². The number of ether oxygens (including phenoxy) is 2. The van der Waals surface area contributed by atoms with E-state index in [1.54, 1.807) is 0 Å². The van der Waals surface area contributed by atoms with Crippen LogP contribution in [0.4, 0.5) is 4.79 Å². The van der Waals surface area contributed by atoms with Crippen LogP contribution in [0, 0.1) is 13.8 Å². The van der Waals surface area contributed by atoms with Crippen LogP contribution < -0.4 is 5.32 Å². The minimum atomic E-state index is -0.613. The van der Waals surface area contributed by atoms with Gasteiger partial charge >= 0.3 is 12.1 Å².